The average molecular weight is 379 g/mol. The molecule has 0 fully saturated rings. The molecule has 2 N–H and O–H groups in total. The number of anilines is 1. The normalized spacial score (nSPS) is 13.5. The first-order valence-electron chi connectivity index (χ1n) is 8.11. The van der Waals surface area contributed by atoms with E-state index < -0.39 is 10.0 Å². The van der Waals surface area contributed by atoms with Gasteiger partial charge in [0.15, 0.2) is 0 Å². The monoisotopic (exact) mass is 378 g/mol. The van der Waals surface area contributed by atoms with Crippen molar-refractivity contribution in [1.29, 1.82) is 0 Å². The molecule has 132 valence electrons. The highest BCUT2D eigenvalue weighted by Crippen LogP contribution is 2.24. The van der Waals surface area contributed by atoms with E-state index in [9.17, 15) is 13.2 Å². The van der Waals surface area contributed by atoms with Crippen LogP contribution in [0.2, 0.25) is 5.02 Å². The van der Waals surface area contributed by atoms with Crippen molar-refractivity contribution in [2.45, 2.75) is 30.6 Å². The predicted molar refractivity (Wildman–Crippen MR) is 98.4 cm³/mol. The summed E-state index contributed by atoms with van der Waals surface area (Å²) in [5, 5.41) is 3.16. The van der Waals surface area contributed by atoms with Crippen LogP contribution in [0.25, 0.3) is 0 Å². The average Bonchev–Trinajstić information content (AvgIpc) is 3.02. The molecular weight excluding hydrogens is 360 g/mol. The molecule has 0 saturated carbocycles. The molecule has 0 aliphatic heterocycles. The van der Waals surface area contributed by atoms with Gasteiger partial charge in [-0.15, -0.1) is 0 Å². The largest absolute Gasteiger partial charge is 0.326 e. The predicted octanol–water partition coefficient (Wildman–Crippen LogP) is 3.14. The van der Waals surface area contributed by atoms with Crippen LogP contribution in [-0.4, -0.2) is 20.9 Å². The number of halogens is 1. The summed E-state index contributed by atoms with van der Waals surface area (Å²) in [7, 11) is -3.67. The van der Waals surface area contributed by atoms with Gasteiger partial charge in [0.05, 0.1) is 4.90 Å². The molecule has 0 unspecified atom stereocenters. The van der Waals surface area contributed by atoms with E-state index in [1.165, 1.54) is 23.3 Å². The Labute approximate surface area is 152 Å². The van der Waals surface area contributed by atoms with E-state index in [-0.39, 0.29) is 23.8 Å². The Morgan fingerprint density at radius 3 is 2.68 bits per heavy atom. The standard InChI is InChI=1S/C18H19ClN2O3S/c19-15-5-2-6-17(12-15)25(23,24)20-10-9-18(22)21-16-8-7-13-3-1-4-14(13)11-16/h2,5-8,11-12,20H,1,3-4,9-10H2,(H,21,22). The van der Waals surface area contributed by atoms with Crippen LogP contribution < -0.4 is 10.0 Å². The highest BCUT2D eigenvalue weighted by atomic mass is 35.5. The second-order valence-electron chi connectivity index (χ2n) is 5.99. The maximum absolute atomic E-state index is 12.2. The molecule has 1 aliphatic carbocycles. The summed E-state index contributed by atoms with van der Waals surface area (Å²) in [5.74, 6) is -0.230. The van der Waals surface area contributed by atoms with Crippen LogP contribution in [0.1, 0.15) is 24.0 Å². The van der Waals surface area contributed by atoms with Crippen molar-refractivity contribution < 1.29 is 13.2 Å². The molecule has 0 atom stereocenters. The Morgan fingerprint density at radius 1 is 1.08 bits per heavy atom. The molecule has 1 aliphatic rings. The first kappa shape index (κ1) is 17.9. The third-order valence-corrected chi connectivity index (χ3v) is 5.83. The zero-order valence-electron chi connectivity index (χ0n) is 13.6. The SMILES string of the molecule is O=C(CCNS(=O)(=O)c1cccc(Cl)c1)Nc1ccc2c(c1)CCC2. The smallest absolute Gasteiger partial charge is 0.240 e. The minimum atomic E-state index is -3.67. The lowest BCUT2D eigenvalue weighted by atomic mass is 10.1. The minimum absolute atomic E-state index is 0.0195. The molecule has 2 aromatic carbocycles. The van der Waals surface area contributed by atoms with Gasteiger partial charge in [0, 0.05) is 23.7 Å². The maximum atomic E-state index is 12.2. The van der Waals surface area contributed by atoms with E-state index in [0.29, 0.717) is 5.02 Å². The lowest BCUT2D eigenvalue weighted by molar-refractivity contribution is -0.116. The number of aryl methyl sites for hydroxylation is 2. The van der Waals surface area contributed by atoms with E-state index in [1.54, 1.807) is 12.1 Å². The Morgan fingerprint density at radius 2 is 1.88 bits per heavy atom. The number of carbonyl (C=O) groups excluding carboxylic acids is 1. The number of amides is 1. The van der Waals surface area contributed by atoms with Gasteiger partial charge in [-0.25, -0.2) is 13.1 Å². The molecule has 0 radical (unpaired) electrons. The molecule has 0 aromatic heterocycles. The number of hydrogen-bond donors (Lipinski definition) is 2. The van der Waals surface area contributed by atoms with E-state index in [2.05, 4.69) is 10.0 Å². The van der Waals surface area contributed by atoms with E-state index in [1.807, 2.05) is 18.2 Å². The van der Waals surface area contributed by atoms with Gasteiger partial charge in [0.1, 0.15) is 0 Å². The highest BCUT2D eigenvalue weighted by Gasteiger charge is 2.15. The molecule has 0 saturated heterocycles. The molecule has 7 heteroatoms. The third-order valence-electron chi connectivity index (χ3n) is 4.13. The highest BCUT2D eigenvalue weighted by molar-refractivity contribution is 7.89. The molecule has 2 aromatic rings. The molecule has 0 bridgehead atoms. The van der Waals surface area contributed by atoms with Gasteiger partial charge in [-0.3, -0.25) is 4.79 Å². The topological polar surface area (TPSA) is 75.3 Å². The summed E-state index contributed by atoms with van der Waals surface area (Å²) in [6.07, 6.45) is 3.34. The molecule has 1 amide bonds. The van der Waals surface area contributed by atoms with Crippen molar-refractivity contribution in [3.63, 3.8) is 0 Å². The zero-order chi connectivity index (χ0) is 17.9. The van der Waals surface area contributed by atoms with Gasteiger partial charge in [0.2, 0.25) is 15.9 Å². The number of carbonyl (C=O) groups is 1. The fourth-order valence-corrected chi connectivity index (χ4v) is 4.22. The second-order valence-corrected chi connectivity index (χ2v) is 8.19. The van der Waals surface area contributed by atoms with Crippen LogP contribution in [0.3, 0.4) is 0 Å². The van der Waals surface area contributed by atoms with Gasteiger partial charge < -0.3 is 5.32 Å². The fourth-order valence-electron chi connectivity index (χ4n) is 2.89. The zero-order valence-corrected chi connectivity index (χ0v) is 15.2. The lowest BCUT2D eigenvalue weighted by Crippen LogP contribution is -2.27. The molecule has 25 heavy (non-hydrogen) atoms. The number of fused-ring (bicyclic) bond motifs is 1. The summed E-state index contributed by atoms with van der Waals surface area (Å²) in [6, 6.07) is 11.9. The Balaban J connectivity index is 1.52. The molecule has 0 heterocycles. The maximum Gasteiger partial charge on any atom is 0.240 e. The number of rotatable bonds is 6. The number of nitrogens with one attached hydrogen (secondary N) is 2. The van der Waals surface area contributed by atoms with Gasteiger partial charge in [0.25, 0.3) is 0 Å². The van der Waals surface area contributed by atoms with Crippen LogP contribution in [0, 0.1) is 0 Å². The van der Waals surface area contributed by atoms with Crippen LogP contribution >= 0.6 is 11.6 Å². The van der Waals surface area contributed by atoms with Gasteiger partial charge in [-0.05, 0) is 60.7 Å². The number of sulfonamides is 1. The van der Waals surface area contributed by atoms with Crippen molar-refractivity contribution in [3.8, 4) is 0 Å². The van der Waals surface area contributed by atoms with Crippen LogP contribution in [-0.2, 0) is 27.7 Å². The summed E-state index contributed by atoms with van der Waals surface area (Å²) < 4.78 is 26.7. The fraction of sp³-hybridized carbons (Fsp3) is 0.278. The first-order valence-corrected chi connectivity index (χ1v) is 9.97. The van der Waals surface area contributed by atoms with Gasteiger partial charge in [-0.2, -0.15) is 0 Å². The van der Waals surface area contributed by atoms with E-state index in [0.717, 1.165) is 24.9 Å². The van der Waals surface area contributed by atoms with Crippen molar-refractivity contribution in [2.75, 3.05) is 11.9 Å². The lowest BCUT2D eigenvalue weighted by Gasteiger charge is -2.09. The van der Waals surface area contributed by atoms with Crippen molar-refractivity contribution in [3.05, 3.63) is 58.6 Å². The summed E-state index contributed by atoms with van der Waals surface area (Å²) in [6.45, 7) is 0.0195. The second kappa shape index (κ2) is 7.56. The van der Waals surface area contributed by atoms with Crippen molar-refractivity contribution in [2.24, 2.45) is 0 Å². The van der Waals surface area contributed by atoms with E-state index in [4.69, 9.17) is 11.6 Å². The Kier molecular flexibility index (Phi) is 5.42. The van der Waals surface area contributed by atoms with Crippen molar-refractivity contribution in [1.82, 2.24) is 4.72 Å². The van der Waals surface area contributed by atoms with Gasteiger partial charge in [-0.1, -0.05) is 23.7 Å². The number of hydrogen-bond acceptors (Lipinski definition) is 3. The minimum Gasteiger partial charge on any atom is -0.326 e. The molecule has 5 nitrogen and oxygen atoms in total. The summed E-state index contributed by atoms with van der Waals surface area (Å²) in [5.41, 5.74) is 3.37. The van der Waals surface area contributed by atoms with E-state index >= 15 is 0 Å². The Bertz CT molecular complexity index is 897. The molecular formula is C18H19ClN2O3S. The first-order chi connectivity index (χ1) is 11.9. The summed E-state index contributed by atoms with van der Waals surface area (Å²) >= 11 is 5.81. The van der Waals surface area contributed by atoms with Crippen LogP contribution in [0.15, 0.2) is 47.4 Å². The van der Waals surface area contributed by atoms with Crippen molar-refractivity contribution >= 4 is 33.2 Å². The third kappa shape index (κ3) is 4.60. The van der Waals surface area contributed by atoms with Crippen LogP contribution in [0.4, 0.5) is 5.69 Å². The molecule has 3 rings (SSSR count). The van der Waals surface area contributed by atoms with Crippen LogP contribution in [0.5, 0.6) is 0 Å². The number of benzene rings is 2. The molecule has 0 spiro atoms. The Hall–Kier alpha value is -1.89. The van der Waals surface area contributed by atoms with Gasteiger partial charge >= 0.3 is 0 Å². The summed E-state index contributed by atoms with van der Waals surface area (Å²) in [4.78, 5) is 12.1. The quantitative estimate of drug-likeness (QED) is 0.810.